The topological polar surface area (TPSA) is 78.0 Å². The molecule has 3 aromatic rings. The molecule has 84 valence electrons. The summed E-state index contributed by atoms with van der Waals surface area (Å²) in [6.45, 7) is 1.89. The predicted molar refractivity (Wildman–Crippen MR) is 58.9 cm³/mol. The van der Waals surface area contributed by atoms with Gasteiger partial charge in [-0.15, -0.1) is 15.0 Å². The number of pyridine rings is 1. The first-order chi connectivity index (χ1) is 8.25. The largest absolute Gasteiger partial charge is 0.269 e. The van der Waals surface area contributed by atoms with Crippen molar-refractivity contribution in [3.8, 4) is 5.82 Å². The lowest BCUT2D eigenvalue weighted by Gasteiger charge is -2.04. The van der Waals surface area contributed by atoms with Gasteiger partial charge < -0.3 is 0 Å². The molecule has 0 aliphatic heterocycles. The minimum absolute atomic E-state index is 0.175. The summed E-state index contributed by atoms with van der Waals surface area (Å²) < 4.78 is 1.48. The number of aryl methyl sites for hydroxylation is 1. The van der Waals surface area contributed by atoms with Crippen LogP contribution in [0.5, 0.6) is 0 Å². The fraction of sp³-hybridized carbons (Fsp3) is 0.100. The summed E-state index contributed by atoms with van der Waals surface area (Å²) in [6, 6.07) is 5.06. The molecule has 0 amide bonds. The van der Waals surface area contributed by atoms with E-state index in [1.165, 1.54) is 21.6 Å². The highest BCUT2D eigenvalue weighted by atomic mass is 16.1. The molecular formula is C10H8N6O. The van der Waals surface area contributed by atoms with Crippen LogP contribution >= 0.6 is 0 Å². The Kier molecular flexibility index (Phi) is 1.97. The minimum Gasteiger partial charge on any atom is -0.269 e. The van der Waals surface area contributed by atoms with Gasteiger partial charge in [-0.3, -0.25) is 9.20 Å². The first kappa shape index (κ1) is 9.64. The molecule has 0 bridgehead atoms. The Morgan fingerprint density at radius 1 is 1.35 bits per heavy atom. The number of hydrogen-bond acceptors (Lipinski definition) is 5. The van der Waals surface area contributed by atoms with Gasteiger partial charge in [-0.2, -0.15) is 0 Å². The van der Waals surface area contributed by atoms with Gasteiger partial charge in [0.2, 0.25) is 0 Å². The van der Waals surface area contributed by atoms with Gasteiger partial charge >= 0.3 is 0 Å². The van der Waals surface area contributed by atoms with Crippen molar-refractivity contribution in [2.45, 2.75) is 6.92 Å². The predicted octanol–water partition coefficient (Wildman–Crippen LogP) is -0.0214. The lowest BCUT2D eigenvalue weighted by molar-refractivity contribution is 0.697. The van der Waals surface area contributed by atoms with E-state index in [9.17, 15) is 4.79 Å². The molecular weight excluding hydrogens is 220 g/mol. The standard InChI is InChI=1S/C10H8N6O/c1-7-3-2-4-15-9(17)5-8(13-10(7)15)16-12-6-11-14-16/h2-6H,1H3. The molecule has 0 aromatic carbocycles. The molecule has 0 atom stereocenters. The molecule has 0 fully saturated rings. The summed E-state index contributed by atoms with van der Waals surface area (Å²) in [5.41, 5.74) is 1.32. The zero-order valence-electron chi connectivity index (χ0n) is 8.98. The molecule has 0 N–H and O–H groups in total. The van der Waals surface area contributed by atoms with Crippen LogP contribution in [0.2, 0.25) is 0 Å². The smallest absolute Gasteiger partial charge is 0.260 e. The Balaban J connectivity index is 2.38. The first-order valence-corrected chi connectivity index (χ1v) is 4.98. The van der Waals surface area contributed by atoms with Gasteiger partial charge in [-0.1, -0.05) is 6.07 Å². The monoisotopic (exact) mass is 228 g/mol. The van der Waals surface area contributed by atoms with Crippen LogP contribution in [-0.4, -0.2) is 29.6 Å². The average molecular weight is 228 g/mol. The molecule has 0 saturated carbocycles. The van der Waals surface area contributed by atoms with Crippen molar-refractivity contribution in [3.05, 3.63) is 46.6 Å². The maximum Gasteiger partial charge on any atom is 0.260 e. The van der Waals surface area contributed by atoms with Gasteiger partial charge in [0.15, 0.2) is 12.1 Å². The van der Waals surface area contributed by atoms with Crippen LogP contribution in [0.3, 0.4) is 0 Å². The SMILES string of the molecule is Cc1cccn2c(=O)cc(-n3ncnn3)nc12. The van der Waals surface area contributed by atoms with Crippen LogP contribution in [-0.2, 0) is 0 Å². The highest BCUT2D eigenvalue weighted by Crippen LogP contribution is 2.06. The van der Waals surface area contributed by atoms with Gasteiger partial charge in [0, 0.05) is 6.20 Å². The third kappa shape index (κ3) is 1.48. The van der Waals surface area contributed by atoms with Gasteiger partial charge in [0.25, 0.3) is 5.56 Å². The van der Waals surface area contributed by atoms with Crippen LogP contribution in [0.4, 0.5) is 0 Å². The van der Waals surface area contributed by atoms with Crippen molar-refractivity contribution in [1.29, 1.82) is 0 Å². The Morgan fingerprint density at radius 3 is 3.00 bits per heavy atom. The molecule has 0 aliphatic rings. The van der Waals surface area contributed by atoms with Gasteiger partial charge in [0.05, 0.1) is 6.07 Å². The van der Waals surface area contributed by atoms with Crippen LogP contribution in [0.25, 0.3) is 11.5 Å². The number of nitrogens with zero attached hydrogens (tertiary/aromatic N) is 6. The molecule has 17 heavy (non-hydrogen) atoms. The Labute approximate surface area is 95.3 Å². The van der Waals surface area contributed by atoms with E-state index in [1.54, 1.807) is 12.3 Å². The average Bonchev–Trinajstić information content (AvgIpc) is 2.84. The third-order valence-corrected chi connectivity index (χ3v) is 2.43. The van der Waals surface area contributed by atoms with Gasteiger partial charge in [-0.05, 0) is 23.8 Å². The van der Waals surface area contributed by atoms with Crippen molar-refractivity contribution in [2.24, 2.45) is 0 Å². The van der Waals surface area contributed by atoms with Crippen LogP contribution in [0.15, 0.2) is 35.5 Å². The van der Waals surface area contributed by atoms with E-state index in [4.69, 9.17) is 0 Å². The quantitative estimate of drug-likeness (QED) is 0.584. The number of rotatable bonds is 1. The molecule has 3 rings (SSSR count). The molecule has 3 heterocycles. The van der Waals surface area contributed by atoms with E-state index in [0.29, 0.717) is 11.5 Å². The van der Waals surface area contributed by atoms with Crippen LogP contribution in [0, 0.1) is 6.92 Å². The maximum absolute atomic E-state index is 11.9. The van der Waals surface area contributed by atoms with E-state index >= 15 is 0 Å². The fourth-order valence-corrected chi connectivity index (χ4v) is 1.62. The molecule has 0 spiro atoms. The van der Waals surface area contributed by atoms with Crippen molar-refractivity contribution >= 4 is 5.65 Å². The molecule has 7 heteroatoms. The minimum atomic E-state index is -0.175. The normalized spacial score (nSPS) is 10.9. The number of fused-ring (bicyclic) bond motifs is 1. The van der Waals surface area contributed by atoms with E-state index in [0.717, 1.165) is 5.56 Å². The van der Waals surface area contributed by atoms with E-state index in [2.05, 4.69) is 20.4 Å². The van der Waals surface area contributed by atoms with Crippen molar-refractivity contribution < 1.29 is 0 Å². The Morgan fingerprint density at radius 2 is 2.24 bits per heavy atom. The van der Waals surface area contributed by atoms with Crippen LogP contribution < -0.4 is 5.56 Å². The highest BCUT2D eigenvalue weighted by molar-refractivity contribution is 5.48. The molecule has 0 unspecified atom stereocenters. The Bertz CT molecular complexity index is 730. The maximum atomic E-state index is 11.9. The number of tetrazole rings is 1. The summed E-state index contributed by atoms with van der Waals surface area (Å²) in [4.78, 5) is 17.4. The highest BCUT2D eigenvalue weighted by Gasteiger charge is 2.06. The van der Waals surface area contributed by atoms with Crippen molar-refractivity contribution in [2.75, 3.05) is 0 Å². The van der Waals surface area contributed by atoms with Gasteiger partial charge in [-0.25, -0.2) is 4.98 Å². The second kappa shape index (κ2) is 3.48. The summed E-state index contributed by atoms with van der Waals surface area (Å²) in [5.74, 6) is 0.363. The zero-order valence-corrected chi connectivity index (χ0v) is 8.98. The Hall–Kier alpha value is -2.57. The van der Waals surface area contributed by atoms with Crippen molar-refractivity contribution in [1.82, 2.24) is 29.6 Å². The summed E-state index contributed by atoms with van der Waals surface area (Å²) in [6.07, 6.45) is 2.97. The lowest BCUT2D eigenvalue weighted by atomic mass is 10.3. The van der Waals surface area contributed by atoms with Crippen LogP contribution in [0.1, 0.15) is 5.56 Å². The molecule has 0 aliphatic carbocycles. The summed E-state index contributed by atoms with van der Waals surface area (Å²) in [7, 11) is 0. The number of aromatic nitrogens is 6. The molecule has 0 radical (unpaired) electrons. The van der Waals surface area contributed by atoms with E-state index in [1.807, 2.05) is 13.0 Å². The van der Waals surface area contributed by atoms with E-state index in [-0.39, 0.29) is 5.56 Å². The second-order valence-electron chi connectivity index (χ2n) is 3.56. The van der Waals surface area contributed by atoms with E-state index < -0.39 is 0 Å². The summed E-state index contributed by atoms with van der Waals surface area (Å²) in [5, 5.41) is 11.1. The third-order valence-electron chi connectivity index (χ3n) is 2.43. The second-order valence-corrected chi connectivity index (χ2v) is 3.56. The molecule has 0 saturated heterocycles. The number of hydrogen-bond donors (Lipinski definition) is 0. The zero-order chi connectivity index (χ0) is 11.8. The van der Waals surface area contributed by atoms with Crippen molar-refractivity contribution in [3.63, 3.8) is 0 Å². The molecule has 7 nitrogen and oxygen atoms in total. The summed E-state index contributed by atoms with van der Waals surface area (Å²) >= 11 is 0. The first-order valence-electron chi connectivity index (χ1n) is 4.98. The fourth-order valence-electron chi connectivity index (χ4n) is 1.62. The lowest BCUT2D eigenvalue weighted by Crippen LogP contribution is -2.17. The molecule has 3 aromatic heterocycles. The van der Waals surface area contributed by atoms with Gasteiger partial charge in [0.1, 0.15) is 5.65 Å².